The van der Waals surface area contributed by atoms with Crippen LogP contribution in [0.2, 0.25) is 0 Å². The first-order valence-electron chi connectivity index (χ1n) is 6.04. The van der Waals surface area contributed by atoms with Gasteiger partial charge in [-0.15, -0.1) is 0 Å². The average molecular weight is 247 g/mol. The highest BCUT2D eigenvalue weighted by Crippen LogP contribution is 2.38. The molecular formula is C12H25NS2. The standard InChI is InChI=1S/C12H25NS2/c1-6-8(2)12(13-5)11-7-14-9(3)10(4)15-11/h8-13H,6-7H2,1-5H3. The minimum absolute atomic E-state index is 0.683. The minimum atomic E-state index is 0.683. The van der Waals surface area contributed by atoms with Gasteiger partial charge in [-0.1, -0.05) is 34.1 Å². The Morgan fingerprint density at radius 3 is 2.47 bits per heavy atom. The molecule has 5 unspecified atom stereocenters. The Morgan fingerprint density at radius 1 is 1.33 bits per heavy atom. The maximum Gasteiger partial charge on any atom is 0.0297 e. The molecule has 0 aliphatic carbocycles. The second-order valence-corrected chi connectivity index (χ2v) is 7.65. The van der Waals surface area contributed by atoms with Crippen molar-refractivity contribution in [3.05, 3.63) is 0 Å². The molecule has 0 aromatic heterocycles. The first kappa shape index (κ1) is 13.7. The van der Waals surface area contributed by atoms with Crippen molar-refractivity contribution in [3.63, 3.8) is 0 Å². The summed E-state index contributed by atoms with van der Waals surface area (Å²) in [5.41, 5.74) is 0. The van der Waals surface area contributed by atoms with Gasteiger partial charge in [0.2, 0.25) is 0 Å². The third-order valence-electron chi connectivity index (χ3n) is 3.56. The van der Waals surface area contributed by atoms with Crippen LogP contribution < -0.4 is 5.32 Å². The summed E-state index contributed by atoms with van der Waals surface area (Å²) < 4.78 is 0. The van der Waals surface area contributed by atoms with E-state index in [1.165, 1.54) is 12.2 Å². The van der Waals surface area contributed by atoms with Crippen LogP contribution in [0.5, 0.6) is 0 Å². The highest BCUT2D eigenvalue weighted by atomic mass is 32.2. The summed E-state index contributed by atoms with van der Waals surface area (Å²) in [5, 5.41) is 5.94. The number of thioether (sulfide) groups is 2. The minimum Gasteiger partial charge on any atom is -0.316 e. The van der Waals surface area contributed by atoms with Gasteiger partial charge in [0, 0.05) is 27.5 Å². The molecule has 0 aromatic rings. The molecule has 1 N–H and O–H groups in total. The van der Waals surface area contributed by atoms with E-state index in [2.05, 4.69) is 63.6 Å². The summed E-state index contributed by atoms with van der Waals surface area (Å²) in [6.45, 7) is 9.39. The van der Waals surface area contributed by atoms with E-state index in [4.69, 9.17) is 0 Å². The summed E-state index contributed by atoms with van der Waals surface area (Å²) in [6, 6.07) is 0.683. The molecule has 0 radical (unpaired) electrons. The van der Waals surface area contributed by atoms with Crippen molar-refractivity contribution in [2.75, 3.05) is 12.8 Å². The van der Waals surface area contributed by atoms with E-state index < -0.39 is 0 Å². The summed E-state index contributed by atoms with van der Waals surface area (Å²) in [6.07, 6.45) is 1.27. The van der Waals surface area contributed by atoms with Crippen molar-refractivity contribution in [2.45, 2.75) is 55.9 Å². The number of nitrogens with one attached hydrogen (secondary N) is 1. The Hall–Kier alpha value is 0.660. The molecule has 1 saturated heterocycles. The molecule has 15 heavy (non-hydrogen) atoms. The molecule has 1 fully saturated rings. The maximum atomic E-state index is 3.52. The van der Waals surface area contributed by atoms with Crippen molar-refractivity contribution >= 4 is 23.5 Å². The molecule has 1 heterocycles. The topological polar surface area (TPSA) is 12.0 Å². The van der Waals surface area contributed by atoms with E-state index in [0.717, 1.165) is 21.7 Å². The summed E-state index contributed by atoms with van der Waals surface area (Å²) >= 11 is 4.33. The normalized spacial score (nSPS) is 36.2. The van der Waals surface area contributed by atoms with Crippen LogP contribution in [-0.2, 0) is 0 Å². The number of hydrogen-bond donors (Lipinski definition) is 1. The van der Waals surface area contributed by atoms with Gasteiger partial charge in [0.25, 0.3) is 0 Å². The van der Waals surface area contributed by atoms with Gasteiger partial charge in [-0.2, -0.15) is 23.5 Å². The zero-order valence-corrected chi connectivity index (χ0v) is 12.3. The van der Waals surface area contributed by atoms with Crippen molar-refractivity contribution in [3.8, 4) is 0 Å². The zero-order chi connectivity index (χ0) is 11.4. The smallest absolute Gasteiger partial charge is 0.0297 e. The zero-order valence-electron chi connectivity index (χ0n) is 10.6. The first-order valence-corrected chi connectivity index (χ1v) is 8.03. The predicted molar refractivity (Wildman–Crippen MR) is 75.1 cm³/mol. The lowest BCUT2D eigenvalue weighted by Crippen LogP contribution is -2.45. The molecule has 3 heteroatoms. The summed E-state index contributed by atoms with van der Waals surface area (Å²) in [4.78, 5) is 0. The van der Waals surface area contributed by atoms with Gasteiger partial charge in [-0.25, -0.2) is 0 Å². The SMILES string of the molecule is CCC(C)C(NC)C1CSC(C)C(C)S1. The maximum absolute atomic E-state index is 3.52. The highest BCUT2D eigenvalue weighted by molar-refractivity contribution is 8.07. The largest absolute Gasteiger partial charge is 0.316 e. The summed E-state index contributed by atoms with van der Waals surface area (Å²) in [7, 11) is 2.12. The molecule has 1 aliphatic rings. The molecule has 90 valence electrons. The Morgan fingerprint density at radius 2 is 2.00 bits per heavy atom. The van der Waals surface area contributed by atoms with Gasteiger partial charge in [0.15, 0.2) is 0 Å². The lowest BCUT2D eigenvalue weighted by molar-refractivity contribution is 0.387. The van der Waals surface area contributed by atoms with Gasteiger partial charge < -0.3 is 5.32 Å². The fraction of sp³-hybridized carbons (Fsp3) is 1.00. The fourth-order valence-corrected chi connectivity index (χ4v) is 5.38. The molecule has 0 saturated carbocycles. The molecule has 1 rings (SSSR count). The van der Waals surface area contributed by atoms with E-state index >= 15 is 0 Å². The van der Waals surface area contributed by atoms with Crippen LogP contribution in [0.3, 0.4) is 0 Å². The lowest BCUT2D eigenvalue weighted by atomic mass is 9.97. The van der Waals surface area contributed by atoms with Crippen LogP contribution in [0, 0.1) is 5.92 Å². The van der Waals surface area contributed by atoms with Crippen molar-refractivity contribution < 1.29 is 0 Å². The fourth-order valence-electron chi connectivity index (χ4n) is 2.09. The van der Waals surface area contributed by atoms with Crippen LogP contribution in [-0.4, -0.2) is 34.6 Å². The number of hydrogen-bond acceptors (Lipinski definition) is 3. The predicted octanol–water partition coefficient (Wildman–Crippen LogP) is 3.25. The molecule has 0 aromatic carbocycles. The Kier molecular flexibility index (Phi) is 5.86. The molecule has 0 amide bonds. The average Bonchev–Trinajstić information content (AvgIpc) is 2.24. The van der Waals surface area contributed by atoms with E-state index in [1.807, 2.05) is 0 Å². The van der Waals surface area contributed by atoms with Crippen molar-refractivity contribution in [2.24, 2.45) is 5.92 Å². The molecule has 5 atom stereocenters. The second-order valence-electron chi connectivity index (χ2n) is 4.62. The van der Waals surface area contributed by atoms with Gasteiger partial charge >= 0.3 is 0 Å². The highest BCUT2D eigenvalue weighted by Gasteiger charge is 2.32. The third-order valence-corrected chi connectivity index (χ3v) is 7.08. The Balaban J connectivity index is 2.54. The van der Waals surface area contributed by atoms with Gasteiger partial charge in [-0.3, -0.25) is 0 Å². The molecule has 0 bridgehead atoms. The van der Waals surface area contributed by atoms with E-state index in [9.17, 15) is 0 Å². The van der Waals surface area contributed by atoms with Crippen LogP contribution in [0.25, 0.3) is 0 Å². The monoisotopic (exact) mass is 247 g/mol. The van der Waals surface area contributed by atoms with Crippen molar-refractivity contribution in [1.29, 1.82) is 0 Å². The van der Waals surface area contributed by atoms with E-state index in [1.54, 1.807) is 0 Å². The van der Waals surface area contributed by atoms with Crippen LogP contribution in [0.4, 0.5) is 0 Å². The quantitative estimate of drug-likeness (QED) is 0.819. The molecular weight excluding hydrogens is 222 g/mol. The first-order chi connectivity index (χ1) is 7.10. The van der Waals surface area contributed by atoms with Gasteiger partial charge in [0.1, 0.15) is 0 Å². The van der Waals surface area contributed by atoms with E-state index in [0.29, 0.717) is 6.04 Å². The van der Waals surface area contributed by atoms with Crippen molar-refractivity contribution in [1.82, 2.24) is 5.32 Å². The molecule has 0 spiro atoms. The second kappa shape index (κ2) is 6.41. The summed E-state index contributed by atoms with van der Waals surface area (Å²) in [5.74, 6) is 2.10. The molecule has 1 nitrogen and oxygen atoms in total. The van der Waals surface area contributed by atoms with Crippen LogP contribution in [0.1, 0.15) is 34.1 Å². The van der Waals surface area contributed by atoms with Crippen LogP contribution >= 0.6 is 23.5 Å². The van der Waals surface area contributed by atoms with E-state index in [-0.39, 0.29) is 0 Å². The molecule has 1 aliphatic heterocycles. The number of rotatable bonds is 4. The lowest BCUT2D eigenvalue weighted by Gasteiger charge is -2.38. The van der Waals surface area contributed by atoms with Gasteiger partial charge in [0.05, 0.1) is 0 Å². The third kappa shape index (κ3) is 3.57. The van der Waals surface area contributed by atoms with Crippen LogP contribution in [0.15, 0.2) is 0 Å². The van der Waals surface area contributed by atoms with Gasteiger partial charge in [-0.05, 0) is 13.0 Å². The Bertz CT molecular complexity index is 186. The Labute approximate surface area is 104 Å².